The number of likely N-dealkylation sites (tertiary alicyclic amines) is 1. The van der Waals surface area contributed by atoms with Gasteiger partial charge in [0.05, 0.1) is 7.11 Å². The number of carbonyl (C=O) groups is 1. The Hall–Kier alpha value is -1.55. The lowest BCUT2D eigenvalue weighted by atomic mass is 10.0. The number of hydrogen-bond donors (Lipinski definition) is 1. The van der Waals surface area contributed by atoms with Crippen LogP contribution in [0.2, 0.25) is 0 Å². The van der Waals surface area contributed by atoms with Crippen LogP contribution in [0.3, 0.4) is 0 Å². The van der Waals surface area contributed by atoms with Crippen LogP contribution in [0, 0.1) is 0 Å². The van der Waals surface area contributed by atoms with Crippen LogP contribution in [-0.2, 0) is 11.3 Å². The van der Waals surface area contributed by atoms with Crippen LogP contribution in [0.15, 0.2) is 18.2 Å². The van der Waals surface area contributed by atoms with Gasteiger partial charge < -0.3 is 15.4 Å². The Labute approximate surface area is 108 Å². The van der Waals surface area contributed by atoms with Crippen LogP contribution in [0.4, 0.5) is 0 Å². The van der Waals surface area contributed by atoms with E-state index in [0.717, 1.165) is 29.8 Å². The van der Waals surface area contributed by atoms with E-state index >= 15 is 0 Å². The van der Waals surface area contributed by atoms with Crippen molar-refractivity contribution in [2.24, 2.45) is 5.73 Å². The summed E-state index contributed by atoms with van der Waals surface area (Å²) in [5, 5.41) is 0. The number of amides is 1. The molecule has 2 rings (SSSR count). The molecule has 1 fully saturated rings. The molecular weight excluding hydrogens is 228 g/mol. The van der Waals surface area contributed by atoms with E-state index in [1.165, 1.54) is 0 Å². The molecule has 1 aliphatic rings. The molecule has 4 heteroatoms. The summed E-state index contributed by atoms with van der Waals surface area (Å²) < 4.78 is 5.35. The second-order valence-corrected chi connectivity index (χ2v) is 4.78. The Bertz CT molecular complexity index is 443. The fourth-order valence-electron chi connectivity index (χ4n) is 2.28. The molecule has 1 amide bonds. The molecule has 4 nitrogen and oxygen atoms in total. The summed E-state index contributed by atoms with van der Waals surface area (Å²) in [5.41, 5.74) is 7.99. The van der Waals surface area contributed by atoms with E-state index in [2.05, 4.69) is 0 Å². The first-order valence-corrected chi connectivity index (χ1v) is 6.32. The van der Waals surface area contributed by atoms with E-state index in [9.17, 15) is 4.79 Å². The minimum absolute atomic E-state index is 0.0102. The van der Waals surface area contributed by atoms with Crippen molar-refractivity contribution in [2.45, 2.75) is 32.4 Å². The van der Waals surface area contributed by atoms with Crippen LogP contribution in [0.1, 0.15) is 36.9 Å². The van der Waals surface area contributed by atoms with Crippen LogP contribution < -0.4 is 10.5 Å². The maximum absolute atomic E-state index is 11.7. The molecule has 0 spiro atoms. The number of ether oxygens (including phenoxy) is 1. The Morgan fingerprint density at radius 3 is 2.83 bits per heavy atom. The molecule has 2 N–H and O–H groups in total. The van der Waals surface area contributed by atoms with E-state index in [1.807, 2.05) is 30.0 Å². The van der Waals surface area contributed by atoms with Crippen molar-refractivity contribution in [1.82, 2.24) is 4.90 Å². The van der Waals surface area contributed by atoms with Gasteiger partial charge in [-0.15, -0.1) is 0 Å². The van der Waals surface area contributed by atoms with Crippen LogP contribution >= 0.6 is 0 Å². The number of benzene rings is 1. The fourth-order valence-corrected chi connectivity index (χ4v) is 2.28. The van der Waals surface area contributed by atoms with Crippen molar-refractivity contribution in [2.75, 3.05) is 13.7 Å². The summed E-state index contributed by atoms with van der Waals surface area (Å²) in [6.45, 7) is 3.40. The molecule has 1 aliphatic heterocycles. The summed E-state index contributed by atoms with van der Waals surface area (Å²) in [6.07, 6.45) is 1.61. The Kier molecular flexibility index (Phi) is 3.87. The zero-order valence-electron chi connectivity index (χ0n) is 11.0. The normalized spacial score (nSPS) is 17.1. The highest BCUT2D eigenvalue weighted by Gasteiger charge is 2.21. The predicted octanol–water partition coefficient (Wildman–Crippen LogP) is 1.84. The van der Waals surface area contributed by atoms with E-state index in [-0.39, 0.29) is 11.9 Å². The standard InChI is InChI=1S/C14H20N2O2/c1-10(15)11-5-6-13(18-2)12(8-11)9-16-7-3-4-14(16)17/h5-6,8,10H,3-4,7,9,15H2,1-2H3. The maximum Gasteiger partial charge on any atom is 0.222 e. The van der Waals surface area contributed by atoms with E-state index in [1.54, 1.807) is 7.11 Å². The highest BCUT2D eigenvalue weighted by Crippen LogP contribution is 2.25. The third-order valence-corrected chi connectivity index (χ3v) is 3.36. The van der Waals surface area contributed by atoms with Gasteiger partial charge in [0, 0.05) is 31.1 Å². The molecule has 1 aromatic rings. The Balaban J connectivity index is 2.23. The SMILES string of the molecule is COc1ccc(C(C)N)cc1CN1CCCC1=O. The van der Waals surface area contributed by atoms with Crippen LogP contribution in [-0.4, -0.2) is 24.5 Å². The summed E-state index contributed by atoms with van der Waals surface area (Å²) in [5.74, 6) is 1.04. The highest BCUT2D eigenvalue weighted by atomic mass is 16.5. The Morgan fingerprint density at radius 2 is 2.28 bits per heavy atom. The molecule has 1 saturated heterocycles. The smallest absolute Gasteiger partial charge is 0.222 e. The number of carbonyl (C=O) groups excluding carboxylic acids is 1. The van der Waals surface area contributed by atoms with Crippen molar-refractivity contribution in [3.05, 3.63) is 29.3 Å². The second-order valence-electron chi connectivity index (χ2n) is 4.78. The number of rotatable bonds is 4. The number of nitrogens with zero attached hydrogens (tertiary/aromatic N) is 1. The first-order valence-electron chi connectivity index (χ1n) is 6.32. The molecular formula is C14H20N2O2. The average Bonchev–Trinajstić information content (AvgIpc) is 2.75. The summed E-state index contributed by atoms with van der Waals surface area (Å²) in [4.78, 5) is 13.5. The lowest BCUT2D eigenvalue weighted by Crippen LogP contribution is -2.24. The summed E-state index contributed by atoms with van der Waals surface area (Å²) in [7, 11) is 1.65. The van der Waals surface area contributed by atoms with Gasteiger partial charge in [-0.1, -0.05) is 6.07 Å². The largest absolute Gasteiger partial charge is 0.496 e. The first-order chi connectivity index (χ1) is 8.61. The molecule has 18 heavy (non-hydrogen) atoms. The molecule has 0 aromatic heterocycles. The zero-order valence-corrected chi connectivity index (χ0v) is 11.0. The molecule has 0 saturated carbocycles. The van der Waals surface area contributed by atoms with Gasteiger partial charge in [-0.2, -0.15) is 0 Å². The molecule has 0 radical (unpaired) electrons. The molecule has 1 aromatic carbocycles. The van der Waals surface area contributed by atoms with Crippen LogP contribution in [0.5, 0.6) is 5.75 Å². The molecule has 0 bridgehead atoms. The third kappa shape index (κ3) is 2.64. The molecule has 98 valence electrons. The van der Waals surface area contributed by atoms with Crippen molar-refractivity contribution < 1.29 is 9.53 Å². The molecule has 1 unspecified atom stereocenters. The van der Waals surface area contributed by atoms with Gasteiger partial charge in [0.2, 0.25) is 5.91 Å². The molecule has 1 atom stereocenters. The lowest BCUT2D eigenvalue weighted by Gasteiger charge is -2.19. The fraction of sp³-hybridized carbons (Fsp3) is 0.500. The van der Waals surface area contributed by atoms with E-state index < -0.39 is 0 Å². The zero-order chi connectivity index (χ0) is 13.1. The minimum Gasteiger partial charge on any atom is -0.496 e. The summed E-state index contributed by atoms with van der Waals surface area (Å²) >= 11 is 0. The Morgan fingerprint density at radius 1 is 1.50 bits per heavy atom. The van der Waals surface area contributed by atoms with Crippen molar-refractivity contribution in [3.8, 4) is 5.75 Å². The average molecular weight is 248 g/mol. The van der Waals surface area contributed by atoms with Gasteiger partial charge >= 0.3 is 0 Å². The van der Waals surface area contributed by atoms with Crippen LogP contribution in [0.25, 0.3) is 0 Å². The van der Waals surface area contributed by atoms with Gasteiger partial charge in [-0.25, -0.2) is 0 Å². The molecule has 1 heterocycles. The van der Waals surface area contributed by atoms with E-state index in [4.69, 9.17) is 10.5 Å². The van der Waals surface area contributed by atoms with Gasteiger partial charge in [-0.05, 0) is 31.0 Å². The number of hydrogen-bond acceptors (Lipinski definition) is 3. The third-order valence-electron chi connectivity index (χ3n) is 3.36. The number of methoxy groups -OCH3 is 1. The van der Waals surface area contributed by atoms with Gasteiger partial charge in [0.1, 0.15) is 5.75 Å². The first kappa shape index (κ1) is 12.9. The highest BCUT2D eigenvalue weighted by molar-refractivity contribution is 5.78. The number of nitrogens with two attached hydrogens (primary N) is 1. The van der Waals surface area contributed by atoms with Crippen molar-refractivity contribution >= 4 is 5.91 Å². The quantitative estimate of drug-likeness (QED) is 0.884. The van der Waals surface area contributed by atoms with Gasteiger partial charge in [-0.3, -0.25) is 4.79 Å². The minimum atomic E-state index is -0.0102. The monoisotopic (exact) mass is 248 g/mol. The van der Waals surface area contributed by atoms with Crippen molar-refractivity contribution in [1.29, 1.82) is 0 Å². The lowest BCUT2D eigenvalue weighted by molar-refractivity contribution is -0.128. The van der Waals surface area contributed by atoms with Gasteiger partial charge in [0.15, 0.2) is 0 Å². The topological polar surface area (TPSA) is 55.6 Å². The second kappa shape index (κ2) is 5.40. The predicted molar refractivity (Wildman–Crippen MR) is 70.2 cm³/mol. The van der Waals surface area contributed by atoms with E-state index in [0.29, 0.717) is 13.0 Å². The summed E-state index contributed by atoms with van der Waals surface area (Å²) in [6, 6.07) is 5.92. The van der Waals surface area contributed by atoms with Crippen molar-refractivity contribution in [3.63, 3.8) is 0 Å². The maximum atomic E-state index is 11.7. The molecule has 0 aliphatic carbocycles. The van der Waals surface area contributed by atoms with Gasteiger partial charge in [0.25, 0.3) is 0 Å².